The van der Waals surface area contributed by atoms with E-state index in [0.717, 1.165) is 16.3 Å². The van der Waals surface area contributed by atoms with Crippen molar-refractivity contribution < 1.29 is 18.9 Å². The SMILES string of the molecule is CCc1nc(-c2ccc(N3CCN(C(=O)CCN4C(=O)c5ccccc5C4=O)CC3)nc2)no1. The second-order valence-corrected chi connectivity index (χ2v) is 8.20. The number of fused-ring (bicyclic) bond motifs is 1. The Morgan fingerprint density at radius 1 is 1.00 bits per heavy atom. The van der Waals surface area contributed by atoms with Crippen molar-refractivity contribution in [2.45, 2.75) is 19.8 Å². The van der Waals surface area contributed by atoms with Crippen LogP contribution in [0, 0.1) is 0 Å². The zero-order valence-corrected chi connectivity index (χ0v) is 18.8. The molecule has 5 rings (SSSR count). The molecular weight excluding hydrogens is 436 g/mol. The van der Waals surface area contributed by atoms with Crippen LogP contribution in [0.25, 0.3) is 11.4 Å². The van der Waals surface area contributed by atoms with Gasteiger partial charge in [-0.1, -0.05) is 24.2 Å². The Hall–Kier alpha value is -4.08. The summed E-state index contributed by atoms with van der Waals surface area (Å²) in [5.41, 5.74) is 1.59. The van der Waals surface area contributed by atoms with Gasteiger partial charge in [0.1, 0.15) is 5.82 Å². The average molecular weight is 460 g/mol. The molecule has 0 aliphatic carbocycles. The number of hydrogen-bond donors (Lipinski definition) is 0. The van der Waals surface area contributed by atoms with E-state index in [1.165, 1.54) is 0 Å². The second kappa shape index (κ2) is 9.05. The number of imide groups is 1. The number of piperazine rings is 1. The van der Waals surface area contributed by atoms with Crippen LogP contribution >= 0.6 is 0 Å². The molecule has 0 saturated carbocycles. The Balaban J connectivity index is 1.13. The molecule has 0 bridgehead atoms. The largest absolute Gasteiger partial charge is 0.353 e. The van der Waals surface area contributed by atoms with Gasteiger partial charge in [-0.2, -0.15) is 4.98 Å². The number of carbonyl (C=O) groups excluding carboxylic acids is 3. The number of rotatable bonds is 6. The van der Waals surface area contributed by atoms with Crippen LogP contribution in [0.3, 0.4) is 0 Å². The standard InChI is InChI=1S/C24H24N6O4/c1-2-20-26-22(27-34-20)16-7-8-19(25-15-16)28-11-13-29(14-12-28)21(31)9-10-30-23(32)17-5-3-4-6-18(17)24(30)33/h3-8,15H,2,9-14H2,1H3. The highest BCUT2D eigenvalue weighted by molar-refractivity contribution is 6.21. The first-order chi connectivity index (χ1) is 16.5. The Labute approximate surface area is 196 Å². The summed E-state index contributed by atoms with van der Waals surface area (Å²) in [5.74, 6) is 1.19. The van der Waals surface area contributed by atoms with E-state index in [1.807, 2.05) is 19.1 Å². The van der Waals surface area contributed by atoms with Crippen molar-refractivity contribution in [3.63, 3.8) is 0 Å². The average Bonchev–Trinajstić information content (AvgIpc) is 3.46. The third-order valence-corrected chi connectivity index (χ3v) is 6.16. The molecule has 174 valence electrons. The van der Waals surface area contributed by atoms with Crippen LogP contribution in [0.15, 0.2) is 47.1 Å². The summed E-state index contributed by atoms with van der Waals surface area (Å²) in [6.45, 7) is 4.43. The smallest absolute Gasteiger partial charge is 0.261 e. The van der Waals surface area contributed by atoms with E-state index in [1.54, 1.807) is 35.4 Å². The van der Waals surface area contributed by atoms with Gasteiger partial charge >= 0.3 is 0 Å². The number of hydrogen-bond acceptors (Lipinski definition) is 8. The summed E-state index contributed by atoms with van der Waals surface area (Å²) in [7, 11) is 0. The van der Waals surface area contributed by atoms with Gasteiger partial charge in [0, 0.05) is 57.3 Å². The molecule has 1 saturated heterocycles. The molecule has 1 aromatic carbocycles. The molecule has 0 unspecified atom stereocenters. The van der Waals surface area contributed by atoms with Crippen molar-refractivity contribution in [2.24, 2.45) is 0 Å². The number of amides is 3. The van der Waals surface area contributed by atoms with E-state index in [0.29, 0.717) is 55.4 Å². The van der Waals surface area contributed by atoms with Gasteiger partial charge in [0.15, 0.2) is 0 Å². The van der Waals surface area contributed by atoms with Gasteiger partial charge in [0.2, 0.25) is 17.6 Å². The third kappa shape index (κ3) is 4.02. The van der Waals surface area contributed by atoms with E-state index in [-0.39, 0.29) is 30.7 Å². The van der Waals surface area contributed by atoms with Gasteiger partial charge in [-0.15, -0.1) is 0 Å². The number of carbonyl (C=O) groups is 3. The molecule has 10 nitrogen and oxygen atoms in total. The first-order valence-corrected chi connectivity index (χ1v) is 11.3. The van der Waals surface area contributed by atoms with E-state index >= 15 is 0 Å². The van der Waals surface area contributed by atoms with E-state index < -0.39 is 0 Å². The minimum Gasteiger partial charge on any atom is -0.353 e. The van der Waals surface area contributed by atoms with Crippen LogP contribution in [0.2, 0.25) is 0 Å². The normalized spacial score (nSPS) is 15.7. The maximum atomic E-state index is 12.7. The number of aryl methyl sites for hydroxylation is 1. The number of pyridine rings is 1. The highest BCUT2D eigenvalue weighted by atomic mass is 16.5. The van der Waals surface area contributed by atoms with Crippen LogP contribution in [0.4, 0.5) is 5.82 Å². The van der Waals surface area contributed by atoms with E-state index in [4.69, 9.17) is 4.52 Å². The minimum atomic E-state index is -0.334. The van der Waals surface area contributed by atoms with E-state index in [2.05, 4.69) is 20.0 Å². The van der Waals surface area contributed by atoms with Crippen molar-refractivity contribution in [3.05, 3.63) is 59.6 Å². The molecule has 2 aliphatic heterocycles. The molecule has 10 heteroatoms. The van der Waals surface area contributed by atoms with Gasteiger partial charge in [-0.3, -0.25) is 19.3 Å². The second-order valence-electron chi connectivity index (χ2n) is 8.20. The summed E-state index contributed by atoms with van der Waals surface area (Å²) >= 11 is 0. The molecular formula is C24H24N6O4. The molecule has 3 amide bonds. The third-order valence-electron chi connectivity index (χ3n) is 6.16. The highest BCUT2D eigenvalue weighted by Crippen LogP contribution is 2.23. The van der Waals surface area contributed by atoms with Crippen molar-refractivity contribution in [3.8, 4) is 11.4 Å². The molecule has 3 aromatic rings. The first kappa shape index (κ1) is 21.7. The molecule has 2 aromatic heterocycles. The molecule has 0 radical (unpaired) electrons. The molecule has 34 heavy (non-hydrogen) atoms. The van der Waals surface area contributed by atoms with Gasteiger partial charge < -0.3 is 14.3 Å². The fourth-order valence-corrected chi connectivity index (χ4v) is 4.21. The lowest BCUT2D eigenvalue weighted by atomic mass is 10.1. The lowest BCUT2D eigenvalue weighted by Gasteiger charge is -2.35. The Morgan fingerprint density at radius 2 is 1.71 bits per heavy atom. The topological polar surface area (TPSA) is 113 Å². The van der Waals surface area contributed by atoms with Crippen LogP contribution in [-0.4, -0.2) is 75.4 Å². The van der Waals surface area contributed by atoms with Crippen LogP contribution in [0.1, 0.15) is 40.0 Å². The Bertz CT molecular complexity index is 1200. The maximum Gasteiger partial charge on any atom is 0.261 e. The number of anilines is 1. The lowest BCUT2D eigenvalue weighted by Crippen LogP contribution is -2.49. The fourth-order valence-electron chi connectivity index (χ4n) is 4.21. The molecule has 0 atom stereocenters. The Kier molecular flexibility index (Phi) is 5.79. The predicted molar refractivity (Wildman–Crippen MR) is 122 cm³/mol. The van der Waals surface area contributed by atoms with Crippen LogP contribution < -0.4 is 4.90 Å². The number of nitrogens with zero attached hydrogens (tertiary/aromatic N) is 6. The van der Waals surface area contributed by atoms with Gasteiger partial charge in [0.25, 0.3) is 11.8 Å². The van der Waals surface area contributed by atoms with Crippen molar-refractivity contribution in [1.82, 2.24) is 24.9 Å². The number of benzene rings is 1. The van der Waals surface area contributed by atoms with Crippen LogP contribution in [0.5, 0.6) is 0 Å². The minimum absolute atomic E-state index is 0.0663. The highest BCUT2D eigenvalue weighted by Gasteiger charge is 2.35. The lowest BCUT2D eigenvalue weighted by molar-refractivity contribution is -0.131. The quantitative estimate of drug-likeness (QED) is 0.514. The van der Waals surface area contributed by atoms with Crippen molar-refractivity contribution >= 4 is 23.5 Å². The van der Waals surface area contributed by atoms with Gasteiger partial charge in [0.05, 0.1) is 11.1 Å². The summed E-state index contributed by atoms with van der Waals surface area (Å²) in [5, 5.41) is 3.97. The summed E-state index contributed by atoms with van der Waals surface area (Å²) < 4.78 is 5.15. The zero-order valence-electron chi connectivity index (χ0n) is 18.8. The van der Waals surface area contributed by atoms with Crippen LogP contribution in [-0.2, 0) is 11.2 Å². The monoisotopic (exact) mass is 460 g/mol. The van der Waals surface area contributed by atoms with Crippen molar-refractivity contribution in [2.75, 3.05) is 37.6 Å². The summed E-state index contributed by atoms with van der Waals surface area (Å²) in [4.78, 5) is 51.6. The first-order valence-electron chi connectivity index (χ1n) is 11.3. The number of aromatic nitrogens is 3. The summed E-state index contributed by atoms with van der Waals surface area (Å²) in [6.07, 6.45) is 2.52. The van der Waals surface area contributed by atoms with E-state index in [9.17, 15) is 14.4 Å². The van der Waals surface area contributed by atoms with Crippen molar-refractivity contribution in [1.29, 1.82) is 0 Å². The van der Waals surface area contributed by atoms with Gasteiger partial charge in [-0.25, -0.2) is 4.98 Å². The molecule has 2 aliphatic rings. The summed E-state index contributed by atoms with van der Waals surface area (Å²) in [6, 6.07) is 10.6. The maximum absolute atomic E-state index is 12.7. The predicted octanol–water partition coefficient (Wildman–Crippen LogP) is 2.03. The molecule has 0 spiro atoms. The molecule has 1 fully saturated rings. The van der Waals surface area contributed by atoms with Gasteiger partial charge in [-0.05, 0) is 24.3 Å². The molecule has 4 heterocycles. The Morgan fingerprint density at radius 3 is 2.29 bits per heavy atom. The zero-order chi connectivity index (χ0) is 23.7. The fraction of sp³-hybridized carbons (Fsp3) is 0.333. The molecule has 0 N–H and O–H groups in total.